The van der Waals surface area contributed by atoms with Gasteiger partial charge in [0.2, 0.25) is 5.72 Å². The van der Waals surface area contributed by atoms with E-state index in [-0.39, 0.29) is 11.6 Å². The largest absolute Gasteiger partial charge is 0.366 e. The summed E-state index contributed by atoms with van der Waals surface area (Å²) in [6, 6.07) is 0.315. The summed E-state index contributed by atoms with van der Waals surface area (Å²) >= 11 is 0. The maximum Gasteiger partial charge on any atom is 0.274 e. The van der Waals surface area contributed by atoms with E-state index >= 15 is 0 Å². The third-order valence-corrected chi connectivity index (χ3v) is 5.71. The van der Waals surface area contributed by atoms with E-state index < -0.39 is 0 Å². The molecule has 0 bridgehead atoms. The van der Waals surface area contributed by atoms with Crippen molar-refractivity contribution in [1.82, 2.24) is 19.4 Å². The zero-order valence-corrected chi connectivity index (χ0v) is 14.9. The fourth-order valence-electron chi connectivity index (χ4n) is 3.81. The lowest BCUT2D eigenvalue weighted by Gasteiger charge is -2.28. The highest BCUT2D eigenvalue weighted by atomic mass is 16.7. The smallest absolute Gasteiger partial charge is 0.274 e. The molecule has 0 radical (unpaired) electrons. The molecule has 7 nitrogen and oxygen atoms in total. The molecule has 1 aromatic heterocycles. The molecule has 1 saturated heterocycles. The summed E-state index contributed by atoms with van der Waals surface area (Å²) in [4.78, 5) is 26.5. The highest BCUT2D eigenvalue weighted by molar-refractivity contribution is 5.94. The van der Waals surface area contributed by atoms with E-state index in [4.69, 9.17) is 4.84 Å². The van der Waals surface area contributed by atoms with Crippen LogP contribution >= 0.6 is 0 Å². The van der Waals surface area contributed by atoms with Crippen LogP contribution in [0, 0.1) is 17.8 Å². The minimum Gasteiger partial charge on any atom is -0.366 e. The molecule has 1 aliphatic carbocycles. The molecule has 0 aromatic carbocycles. The first-order chi connectivity index (χ1) is 11.3. The number of fused-ring (bicyclic) bond motifs is 1. The first kappa shape index (κ1) is 15.5. The van der Waals surface area contributed by atoms with Gasteiger partial charge in [0.25, 0.3) is 5.91 Å². The highest BCUT2D eigenvalue weighted by Gasteiger charge is 2.61. The standard InChI is InChI=1S/C17H25N5O2/c1-10(2)22-8-13(18-9-22)16(23)21-6-11-12(7-21)14(11)15-19-24-17(3,4)20(15)5/h8-12,14H,6-7H2,1-5H3. The summed E-state index contributed by atoms with van der Waals surface area (Å²) < 4.78 is 1.97. The molecular formula is C17H25N5O2. The van der Waals surface area contributed by atoms with Crippen LogP contribution in [0.25, 0.3) is 0 Å². The number of imidazole rings is 1. The minimum absolute atomic E-state index is 0.0404. The topological polar surface area (TPSA) is 63.0 Å². The Labute approximate surface area is 142 Å². The van der Waals surface area contributed by atoms with Crippen LogP contribution in [0.4, 0.5) is 0 Å². The van der Waals surface area contributed by atoms with Gasteiger partial charge in [-0.3, -0.25) is 4.79 Å². The average molecular weight is 331 g/mol. The van der Waals surface area contributed by atoms with Gasteiger partial charge in [0.05, 0.1) is 6.33 Å². The fourth-order valence-corrected chi connectivity index (χ4v) is 3.81. The zero-order valence-electron chi connectivity index (χ0n) is 14.9. The van der Waals surface area contributed by atoms with Gasteiger partial charge < -0.3 is 19.2 Å². The monoisotopic (exact) mass is 331 g/mol. The lowest BCUT2D eigenvalue weighted by atomic mass is 10.2. The summed E-state index contributed by atoms with van der Waals surface area (Å²) in [5, 5.41) is 4.29. The Morgan fingerprint density at radius 2 is 2.00 bits per heavy atom. The molecule has 3 heterocycles. The third kappa shape index (κ3) is 2.21. The number of hydrogen-bond donors (Lipinski definition) is 0. The zero-order chi connectivity index (χ0) is 17.2. The van der Waals surface area contributed by atoms with Crippen molar-refractivity contribution in [2.75, 3.05) is 20.1 Å². The van der Waals surface area contributed by atoms with Gasteiger partial charge in [0.1, 0.15) is 5.69 Å². The van der Waals surface area contributed by atoms with E-state index in [2.05, 4.69) is 28.9 Å². The molecule has 1 saturated carbocycles. The van der Waals surface area contributed by atoms with Crippen molar-refractivity contribution in [3.05, 3.63) is 18.2 Å². The second kappa shape index (κ2) is 4.97. The lowest BCUT2D eigenvalue weighted by Crippen LogP contribution is -2.42. The Bertz CT molecular complexity index is 696. The summed E-state index contributed by atoms with van der Waals surface area (Å²) in [5.74, 6) is 2.50. The number of rotatable bonds is 3. The van der Waals surface area contributed by atoms with E-state index in [0.29, 0.717) is 29.5 Å². The Morgan fingerprint density at radius 1 is 1.33 bits per heavy atom. The van der Waals surface area contributed by atoms with E-state index in [1.54, 1.807) is 6.33 Å². The maximum atomic E-state index is 12.6. The molecule has 2 fully saturated rings. The van der Waals surface area contributed by atoms with Crippen molar-refractivity contribution < 1.29 is 9.63 Å². The molecule has 2 aliphatic heterocycles. The number of carbonyl (C=O) groups excluding carboxylic acids is 1. The SMILES string of the molecule is CC(C)n1cnc(C(=O)N2CC3C(C2)C3C2=NOC(C)(C)N2C)c1. The number of nitrogens with zero attached hydrogens (tertiary/aromatic N) is 5. The Morgan fingerprint density at radius 3 is 2.50 bits per heavy atom. The van der Waals surface area contributed by atoms with Gasteiger partial charge in [-0.15, -0.1) is 0 Å². The molecule has 2 unspecified atom stereocenters. The lowest BCUT2D eigenvalue weighted by molar-refractivity contribution is -0.0596. The number of amidine groups is 1. The van der Waals surface area contributed by atoms with Crippen molar-refractivity contribution in [2.24, 2.45) is 22.9 Å². The first-order valence-corrected chi connectivity index (χ1v) is 8.62. The number of hydrogen-bond acceptors (Lipinski definition) is 5. The summed E-state index contributed by atoms with van der Waals surface area (Å²) in [5.41, 5.74) is 0.173. The molecule has 7 heteroatoms. The number of piperidine rings is 1. The molecule has 1 aromatic rings. The van der Waals surface area contributed by atoms with Gasteiger partial charge >= 0.3 is 0 Å². The third-order valence-electron chi connectivity index (χ3n) is 5.71. The second-order valence-electron chi connectivity index (χ2n) is 7.91. The molecule has 0 N–H and O–H groups in total. The van der Waals surface area contributed by atoms with Gasteiger partial charge in [-0.05, 0) is 39.5 Å². The number of oxime groups is 1. The van der Waals surface area contributed by atoms with Crippen molar-refractivity contribution in [3.63, 3.8) is 0 Å². The van der Waals surface area contributed by atoms with Gasteiger partial charge in [0, 0.05) is 38.3 Å². The number of carbonyl (C=O) groups is 1. The van der Waals surface area contributed by atoms with Crippen LogP contribution in [0.1, 0.15) is 44.2 Å². The van der Waals surface area contributed by atoms with E-state index in [1.807, 2.05) is 36.6 Å². The van der Waals surface area contributed by atoms with Gasteiger partial charge in [-0.2, -0.15) is 0 Å². The van der Waals surface area contributed by atoms with E-state index in [0.717, 1.165) is 18.9 Å². The van der Waals surface area contributed by atoms with Crippen LogP contribution < -0.4 is 0 Å². The van der Waals surface area contributed by atoms with Crippen molar-refractivity contribution in [1.29, 1.82) is 0 Å². The van der Waals surface area contributed by atoms with Crippen molar-refractivity contribution >= 4 is 11.7 Å². The van der Waals surface area contributed by atoms with E-state index in [1.165, 1.54) is 0 Å². The summed E-state index contributed by atoms with van der Waals surface area (Å²) in [6.07, 6.45) is 3.58. The predicted octanol–water partition coefficient (Wildman–Crippen LogP) is 1.79. The van der Waals surface area contributed by atoms with Crippen molar-refractivity contribution in [2.45, 2.75) is 39.5 Å². The number of aromatic nitrogens is 2. The van der Waals surface area contributed by atoms with Gasteiger partial charge in [-0.25, -0.2) is 4.98 Å². The molecule has 4 rings (SSSR count). The Kier molecular flexibility index (Phi) is 3.21. The fraction of sp³-hybridized carbons (Fsp3) is 0.706. The highest BCUT2D eigenvalue weighted by Crippen LogP contribution is 2.54. The first-order valence-electron chi connectivity index (χ1n) is 8.62. The van der Waals surface area contributed by atoms with Crippen LogP contribution in [0.15, 0.2) is 17.7 Å². The Hall–Kier alpha value is -2.05. The second-order valence-corrected chi connectivity index (χ2v) is 7.91. The molecule has 1 amide bonds. The average Bonchev–Trinajstić information content (AvgIpc) is 2.97. The van der Waals surface area contributed by atoms with Crippen LogP contribution in [-0.4, -0.2) is 57.0 Å². The number of amides is 1. The molecule has 130 valence electrons. The summed E-state index contributed by atoms with van der Waals surface area (Å²) in [7, 11) is 2.03. The summed E-state index contributed by atoms with van der Waals surface area (Å²) in [6.45, 7) is 9.76. The van der Waals surface area contributed by atoms with Crippen LogP contribution in [-0.2, 0) is 4.84 Å². The predicted molar refractivity (Wildman–Crippen MR) is 89.3 cm³/mol. The normalized spacial score (nSPS) is 30.4. The van der Waals surface area contributed by atoms with Gasteiger partial charge in [-0.1, -0.05) is 5.16 Å². The number of likely N-dealkylation sites (tertiary alicyclic amines) is 1. The van der Waals surface area contributed by atoms with Crippen LogP contribution in [0.5, 0.6) is 0 Å². The maximum absolute atomic E-state index is 12.6. The van der Waals surface area contributed by atoms with Crippen LogP contribution in [0.3, 0.4) is 0 Å². The molecule has 24 heavy (non-hydrogen) atoms. The molecule has 2 atom stereocenters. The molecule has 0 spiro atoms. The van der Waals surface area contributed by atoms with Crippen LogP contribution in [0.2, 0.25) is 0 Å². The van der Waals surface area contributed by atoms with Crippen molar-refractivity contribution in [3.8, 4) is 0 Å². The molecular weight excluding hydrogens is 306 g/mol. The molecule has 3 aliphatic rings. The van der Waals surface area contributed by atoms with Gasteiger partial charge in [0.15, 0.2) is 5.84 Å². The minimum atomic E-state index is -0.370. The quantitative estimate of drug-likeness (QED) is 0.847. The Balaban J connectivity index is 1.39. The van der Waals surface area contributed by atoms with E-state index in [9.17, 15) is 4.79 Å².